The molecule has 0 spiro atoms. The van der Waals surface area contributed by atoms with Crippen LogP contribution in [0.2, 0.25) is 0 Å². The Morgan fingerprint density at radius 3 is 2.67 bits per heavy atom. The molecule has 1 aromatic carbocycles. The van der Waals surface area contributed by atoms with Gasteiger partial charge in [0, 0.05) is 12.1 Å². The molecule has 196 valence electrons. The first-order valence-electron chi connectivity index (χ1n) is 11.7. The third kappa shape index (κ3) is 5.33. The van der Waals surface area contributed by atoms with Gasteiger partial charge in [0.05, 0.1) is 26.5 Å². The highest BCUT2D eigenvalue weighted by molar-refractivity contribution is 6.10. The first kappa shape index (κ1) is 26.6. The minimum absolute atomic E-state index is 0.143. The summed E-state index contributed by atoms with van der Waals surface area (Å²) in [7, 11) is 2.96. The van der Waals surface area contributed by atoms with E-state index in [1.807, 2.05) is 6.07 Å². The largest absolute Gasteiger partial charge is 0.497 e. The monoisotopic (exact) mass is 524 g/mol. The van der Waals surface area contributed by atoms with E-state index in [1.165, 1.54) is 25.2 Å². The molecule has 0 saturated carbocycles. The number of aromatic nitrogens is 1. The Kier molecular flexibility index (Phi) is 7.45. The van der Waals surface area contributed by atoms with Gasteiger partial charge in [-0.05, 0) is 61.0 Å². The summed E-state index contributed by atoms with van der Waals surface area (Å²) >= 11 is 0. The minimum atomic E-state index is -1.72. The molecular weight excluding hydrogens is 500 g/mol. The van der Waals surface area contributed by atoms with Crippen LogP contribution in [0.4, 0.5) is 4.79 Å². The first-order valence-corrected chi connectivity index (χ1v) is 11.7. The molecule has 0 aliphatic carbocycles. The second-order valence-electron chi connectivity index (χ2n) is 8.67. The van der Waals surface area contributed by atoms with Crippen LogP contribution in [0.3, 0.4) is 0 Å². The van der Waals surface area contributed by atoms with Crippen LogP contribution >= 0.6 is 0 Å². The molecule has 2 aliphatic heterocycles. The quantitative estimate of drug-likeness (QED) is 0.186. The number of allylic oxidation sites excluding steroid dienone is 4. The number of aliphatic imine (C=N–C) groups is 1. The second-order valence-corrected chi connectivity index (χ2v) is 8.67. The molecule has 3 heterocycles. The van der Waals surface area contributed by atoms with Crippen molar-refractivity contribution in [1.82, 2.24) is 20.5 Å². The fraction of sp³-hybridized carbons (Fsp3) is 0.214. The van der Waals surface area contributed by atoms with Crippen LogP contribution in [0.15, 0.2) is 53.2 Å². The molecule has 1 aromatic heterocycles. The molecule has 2 N–H and O–H groups in total. The number of amides is 4. The van der Waals surface area contributed by atoms with Gasteiger partial charge in [-0.3, -0.25) is 19.9 Å². The van der Waals surface area contributed by atoms with E-state index in [0.29, 0.717) is 28.3 Å². The molecule has 4 rings (SSSR count). The van der Waals surface area contributed by atoms with E-state index in [-0.39, 0.29) is 30.4 Å². The summed E-state index contributed by atoms with van der Waals surface area (Å²) in [5, 5.41) is 13.8. The number of benzene rings is 1. The molecule has 1 unspecified atom stereocenters. The average Bonchev–Trinajstić information content (AvgIpc) is 3.40. The maximum atomic E-state index is 13.1. The van der Waals surface area contributed by atoms with Crippen LogP contribution in [-0.2, 0) is 11.3 Å². The number of rotatable bonds is 7. The van der Waals surface area contributed by atoms with Crippen molar-refractivity contribution in [3.05, 3.63) is 70.7 Å². The van der Waals surface area contributed by atoms with Gasteiger partial charge in [-0.15, -0.1) is 0 Å². The lowest BCUT2D eigenvalue weighted by Crippen LogP contribution is -2.54. The van der Waals surface area contributed by atoms with Crippen LogP contribution in [0.5, 0.6) is 11.5 Å². The fourth-order valence-corrected chi connectivity index (χ4v) is 4.11. The second kappa shape index (κ2) is 10.9. The molecule has 1 fully saturated rings. The van der Waals surface area contributed by atoms with Crippen molar-refractivity contribution in [2.24, 2.45) is 4.99 Å². The van der Waals surface area contributed by atoms with E-state index in [4.69, 9.17) is 14.7 Å². The number of nitrogens with one attached hydrogen (secondary N) is 2. The number of pyridine rings is 1. The summed E-state index contributed by atoms with van der Waals surface area (Å²) in [5.74, 6) is 5.60. The number of carbonyl (C=O) groups is 3. The summed E-state index contributed by atoms with van der Waals surface area (Å²) in [4.78, 5) is 47.9. The summed E-state index contributed by atoms with van der Waals surface area (Å²) < 4.78 is 10.6. The van der Waals surface area contributed by atoms with Gasteiger partial charge in [-0.2, -0.15) is 5.26 Å². The number of imide groups is 1. The number of methoxy groups -OCH3 is 2. The topological polar surface area (TPSA) is 146 Å². The van der Waals surface area contributed by atoms with E-state index in [0.717, 1.165) is 5.56 Å². The van der Waals surface area contributed by atoms with E-state index in [2.05, 4.69) is 39.2 Å². The van der Waals surface area contributed by atoms with Gasteiger partial charge in [0.15, 0.2) is 11.4 Å². The Morgan fingerprint density at radius 1 is 1.23 bits per heavy atom. The Bertz CT molecular complexity index is 1560. The van der Waals surface area contributed by atoms with Gasteiger partial charge in [0.2, 0.25) is 5.54 Å². The van der Waals surface area contributed by atoms with Crippen molar-refractivity contribution in [2.45, 2.75) is 19.0 Å². The Labute approximate surface area is 224 Å². The van der Waals surface area contributed by atoms with Crippen molar-refractivity contribution in [2.75, 3.05) is 20.8 Å². The summed E-state index contributed by atoms with van der Waals surface area (Å²) in [6, 6.07) is 9.75. The summed E-state index contributed by atoms with van der Waals surface area (Å²) in [6.45, 7) is 5.19. The zero-order valence-electron chi connectivity index (χ0n) is 21.5. The third-order valence-electron chi connectivity index (χ3n) is 6.22. The molecule has 1 saturated heterocycles. The van der Waals surface area contributed by atoms with Gasteiger partial charge < -0.3 is 19.7 Å². The van der Waals surface area contributed by atoms with Gasteiger partial charge in [0.1, 0.15) is 17.5 Å². The van der Waals surface area contributed by atoms with Crippen LogP contribution in [0.25, 0.3) is 5.57 Å². The molecule has 39 heavy (non-hydrogen) atoms. The van der Waals surface area contributed by atoms with Crippen molar-refractivity contribution < 1.29 is 23.9 Å². The zero-order chi connectivity index (χ0) is 28.2. The van der Waals surface area contributed by atoms with Gasteiger partial charge >= 0.3 is 6.03 Å². The van der Waals surface area contributed by atoms with E-state index < -0.39 is 17.5 Å². The zero-order valence-corrected chi connectivity index (χ0v) is 21.5. The maximum Gasteiger partial charge on any atom is 0.323 e. The van der Waals surface area contributed by atoms with Gasteiger partial charge in [-0.25, -0.2) is 9.78 Å². The Balaban J connectivity index is 1.69. The predicted molar refractivity (Wildman–Crippen MR) is 142 cm³/mol. The smallest absolute Gasteiger partial charge is 0.323 e. The van der Waals surface area contributed by atoms with Crippen LogP contribution < -0.4 is 20.1 Å². The highest BCUT2D eigenvalue weighted by atomic mass is 16.5. The minimum Gasteiger partial charge on any atom is -0.497 e. The lowest BCUT2D eigenvalue weighted by atomic mass is 9.99. The molecular formula is C28H24N6O5. The number of urea groups is 1. The highest BCUT2D eigenvalue weighted by Gasteiger charge is 2.48. The number of nitrogens with zero attached hydrogens (tertiary/aromatic N) is 4. The third-order valence-corrected chi connectivity index (χ3v) is 6.22. The predicted octanol–water partition coefficient (Wildman–Crippen LogP) is 2.20. The number of carbonyl (C=O) groups excluding carboxylic acids is 3. The van der Waals surface area contributed by atoms with Crippen molar-refractivity contribution >= 4 is 30.1 Å². The molecule has 0 radical (unpaired) electrons. The number of nitriles is 1. The molecule has 11 nitrogen and oxygen atoms in total. The number of hydrogen-bond donors (Lipinski definition) is 2. The van der Waals surface area contributed by atoms with E-state index in [1.54, 1.807) is 43.3 Å². The van der Waals surface area contributed by atoms with Crippen molar-refractivity contribution in [1.29, 1.82) is 5.26 Å². The first-order chi connectivity index (χ1) is 18.7. The van der Waals surface area contributed by atoms with Crippen LogP contribution in [0.1, 0.15) is 34.2 Å². The van der Waals surface area contributed by atoms with Crippen LogP contribution in [-0.4, -0.2) is 60.8 Å². The molecule has 1 atom stereocenters. The molecule has 0 bridgehead atoms. The molecule has 11 heteroatoms. The lowest BCUT2D eigenvalue weighted by Gasteiger charge is -2.26. The maximum absolute atomic E-state index is 13.1. The number of hydrogen-bond acceptors (Lipinski definition) is 8. The number of fused-ring (bicyclic) bond motifs is 1. The fourth-order valence-electron chi connectivity index (χ4n) is 4.11. The van der Waals surface area contributed by atoms with Crippen molar-refractivity contribution in [3.8, 4) is 29.4 Å². The van der Waals surface area contributed by atoms with Gasteiger partial charge in [0.25, 0.3) is 11.8 Å². The standard InChI is InChI=1S/C28H24N6O5/c1-17(5-7-19(14-29)30-2)22-9-10-24(39-4)23(31-22)11-12-28(26(36)32-27(37)33-28)16-34-15-18-6-8-20(38-3)13-21(18)25(34)35/h5-10,13H,2,15-16H2,1,3-4H3,(H2,32,33,36,37). The van der Waals surface area contributed by atoms with E-state index >= 15 is 0 Å². The molecule has 2 aromatic rings. The SMILES string of the molecule is C=NC(C#N)=CC=C(C)c1ccc(OC)c(C#CC2(CN3Cc4ccc(OC)cc4C3=O)NC(=O)NC2=O)n1. The summed E-state index contributed by atoms with van der Waals surface area (Å²) in [5.41, 5.74) is 1.10. The van der Waals surface area contributed by atoms with Crippen molar-refractivity contribution in [3.63, 3.8) is 0 Å². The number of ether oxygens (including phenoxy) is 2. The lowest BCUT2D eigenvalue weighted by molar-refractivity contribution is -0.122. The highest BCUT2D eigenvalue weighted by Crippen LogP contribution is 2.29. The average molecular weight is 525 g/mol. The normalized spacial score (nSPS) is 18.4. The van der Waals surface area contributed by atoms with E-state index in [9.17, 15) is 14.4 Å². The Hall–Kier alpha value is -5.42. The van der Waals surface area contributed by atoms with Gasteiger partial charge in [-0.1, -0.05) is 18.1 Å². The molecule has 4 amide bonds. The van der Waals surface area contributed by atoms with Crippen LogP contribution in [0, 0.1) is 23.2 Å². The molecule has 2 aliphatic rings. The Morgan fingerprint density at radius 2 is 2.03 bits per heavy atom. The summed E-state index contributed by atoms with van der Waals surface area (Å²) in [6.07, 6.45) is 3.17.